The number of hydrogen-bond donors (Lipinski definition) is 3. The van der Waals surface area contributed by atoms with Crippen LogP contribution in [0.4, 0.5) is 5.69 Å². The fraction of sp³-hybridized carbons (Fsp3) is 0.562. The number of fused-ring (bicyclic) bond motifs is 1. The van der Waals surface area contributed by atoms with Crippen molar-refractivity contribution in [3.63, 3.8) is 0 Å². The standard InChI is InChI=1S/C32H42N4O4/c37-29(35-18-20-36(21-19-35)30(38)31(39)22-40-23-31)24-14-16-26(17-15-24)32(27-12-8-9-13-28(27)33-34-32)25-10-6-4-2-1-3-5-7-11-25/h8-9,12-17,25,33-34,39H,1-7,10-11,18-23H2. The molecule has 214 valence electrons. The monoisotopic (exact) mass is 546 g/mol. The van der Waals surface area contributed by atoms with Crippen LogP contribution in [0.15, 0.2) is 48.5 Å². The Balaban J connectivity index is 1.20. The Bertz CT molecular complexity index is 1200. The number of anilines is 1. The molecule has 2 aromatic rings. The van der Waals surface area contributed by atoms with Crippen molar-refractivity contribution in [3.8, 4) is 0 Å². The van der Waals surface area contributed by atoms with Crippen molar-refractivity contribution in [2.24, 2.45) is 5.92 Å². The van der Waals surface area contributed by atoms with Crippen LogP contribution in [0.2, 0.25) is 0 Å². The lowest BCUT2D eigenvalue weighted by atomic mass is 9.69. The highest BCUT2D eigenvalue weighted by Crippen LogP contribution is 2.48. The zero-order valence-electron chi connectivity index (χ0n) is 23.4. The average Bonchev–Trinajstić information content (AvgIpc) is 3.38. The molecule has 0 aromatic heterocycles. The Hall–Kier alpha value is -2.94. The van der Waals surface area contributed by atoms with E-state index < -0.39 is 5.60 Å². The summed E-state index contributed by atoms with van der Waals surface area (Å²) in [6.45, 7) is 1.84. The minimum Gasteiger partial charge on any atom is -0.376 e. The van der Waals surface area contributed by atoms with Crippen LogP contribution in [-0.2, 0) is 15.1 Å². The number of rotatable bonds is 4. The summed E-state index contributed by atoms with van der Waals surface area (Å²) in [5, 5.41) is 10.3. The molecule has 3 heterocycles. The van der Waals surface area contributed by atoms with Crippen LogP contribution in [0.3, 0.4) is 0 Å². The number of carbonyl (C=O) groups excluding carboxylic acids is 2. The molecule has 40 heavy (non-hydrogen) atoms. The summed E-state index contributed by atoms with van der Waals surface area (Å²) >= 11 is 0. The van der Waals surface area contributed by atoms with Crippen LogP contribution in [0.25, 0.3) is 0 Å². The molecule has 8 nitrogen and oxygen atoms in total. The Morgan fingerprint density at radius 1 is 0.800 bits per heavy atom. The number of nitrogens with zero attached hydrogens (tertiary/aromatic N) is 2. The molecule has 1 atom stereocenters. The molecule has 3 aliphatic heterocycles. The fourth-order valence-corrected chi connectivity index (χ4v) is 7.08. The molecule has 2 aromatic carbocycles. The van der Waals surface area contributed by atoms with Gasteiger partial charge in [0, 0.05) is 37.3 Å². The van der Waals surface area contributed by atoms with Crippen molar-refractivity contribution >= 4 is 17.5 Å². The number of benzene rings is 2. The molecule has 0 radical (unpaired) electrons. The van der Waals surface area contributed by atoms with Gasteiger partial charge in [-0.25, -0.2) is 5.43 Å². The van der Waals surface area contributed by atoms with Crippen molar-refractivity contribution in [1.82, 2.24) is 15.2 Å². The molecule has 2 saturated heterocycles. The first-order valence-electron chi connectivity index (χ1n) is 15.1. The highest BCUT2D eigenvalue weighted by Gasteiger charge is 2.48. The summed E-state index contributed by atoms with van der Waals surface area (Å²) in [5.41, 5.74) is 9.77. The predicted octanol–water partition coefficient (Wildman–Crippen LogP) is 4.05. The summed E-state index contributed by atoms with van der Waals surface area (Å²) in [4.78, 5) is 29.5. The van der Waals surface area contributed by atoms with Gasteiger partial charge in [-0.3, -0.25) is 9.59 Å². The van der Waals surface area contributed by atoms with Gasteiger partial charge in [0.2, 0.25) is 0 Å². The molecular weight excluding hydrogens is 504 g/mol. The van der Waals surface area contributed by atoms with E-state index in [2.05, 4.69) is 47.2 Å². The third-order valence-corrected chi connectivity index (χ3v) is 9.48. The van der Waals surface area contributed by atoms with Crippen molar-refractivity contribution in [3.05, 3.63) is 65.2 Å². The van der Waals surface area contributed by atoms with Crippen molar-refractivity contribution < 1.29 is 19.4 Å². The molecule has 0 spiro atoms. The van der Waals surface area contributed by atoms with E-state index in [1.807, 2.05) is 17.0 Å². The van der Waals surface area contributed by atoms with Gasteiger partial charge in [-0.15, -0.1) is 0 Å². The molecule has 2 amide bonds. The number of aliphatic hydroxyl groups is 1. The quantitative estimate of drug-likeness (QED) is 0.536. The van der Waals surface area contributed by atoms with Gasteiger partial charge < -0.3 is 25.1 Å². The van der Waals surface area contributed by atoms with E-state index in [1.54, 1.807) is 4.90 Å². The van der Waals surface area contributed by atoms with E-state index >= 15 is 0 Å². The third kappa shape index (κ3) is 5.01. The highest BCUT2D eigenvalue weighted by molar-refractivity contribution is 5.94. The molecular formula is C32H42N4O4. The van der Waals surface area contributed by atoms with E-state index in [0.717, 1.165) is 5.69 Å². The minimum atomic E-state index is -1.39. The average molecular weight is 547 g/mol. The Morgan fingerprint density at radius 2 is 1.40 bits per heavy atom. The Kier molecular flexibility index (Phi) is 7.84. The lowest BCUT2D eigenvalue weighted by molar-refractivity contribution is -0.201. The van der Waals surface area contributed by atoms with Gasteiger partial charge in [-0.2, -0.15) is 0 Å². The largest absolute Gasteiger partial charge is 0.376 e. The molecule has 1 aliphatic carbocycles. The van der Waals surface area contributed by atoms with Gasteiger partial charge in [-0.05, 0) is 42.5 Å². The zero-order valence-corrected chi connectivity index (χ0v) is 23.4. The van der Waals surface area contributed by atoms with Crippen LogP contribution in [-0.4, -0.2) is 71.7 Å². The van der Waals surface area contributed by atoms with Crippen LogP contribution in [0.1, 0.15) is 79.3 Å². The van der Waals surface area contributed by atoms with Gasteiger partial charge in [-0.1, -0.05) is 75.3 Å². The Labute approximate surface area is 237 Å². The second kappa shape index (κ2) is 11.5. The summed E-state index contributed by atoms with van der Waals surface area (Å²) < 4.78 is 5.03. The van der Waals surface area contributed by atoms with E-state index in [4.69, 9.17) is 4.74 Å². The molecule has 3 fully saturated rings. The first-order valence-corrected chi connectivity index (χ1v) is 15.1. The normalized spacial score (nSPS) is 25.4. The van der Waals surface area contributed by atoms with Gasteiger partial charge in [0.05, 0.1) is 24.4 Å². The highest BCUT2D eigenvalue weighted by atomic mass is 16.5. The van der Waals surface area contributed by atoms with Crippen molar-refractivity contribution in [1.29, 1.82) is 0 Å². The zero-order chi connectivity index (χ0) is 27.6. The number of ether oxygens (including phenoxy) is 1. The fourth-order valence-electron chi connectivity index (χ4n) is 7.08. The summed E-state index contributed by atoms with van der Waals surface area (Å²) in [6, 6.07) is 16.8. The first kappa shape index (κ1) is 27.2. The van der Waals surface area contributed by atoms with Gasteiger partial charge in [0.1, 0.15) is 0 Å². The number of hydrazine groups is 1. The first-order chi connectivity index (χ1) is 19.5. The lowest BCUT2D eigenvalue weighted by Crippen LogP contribution is -2.64. The van der Waals surface area contributed by atoms with Crippen LogP contribution >= 0.6 is 0 Å². The Morgan fingerprint density at radius 3 is 2.02 bits per heavy atom. The van der Waals surface area contributed by atoms with Gasteiger partial charge >= 0.3 is 0 Å². The number of piperazine rings is 1. The number of amides is 2. The SMILES string of the molecule is O=C(c1ccc(C2(C3CCCCCCCCC3)NNc3ccccc32)cc1)N1CCN(C(=O)C2(O)COC2)CC1. The topological polar surface area (TPSA) is 94.1 Å². The summed E-state index contributed by atoms with van der Waals surface area (Å²) in [6.07, 6.45) is 11.4. The van der Waals surface area contributed by atoms with E-state index in [-0.39, 0.29) is 30.6 Å². The maximum Gasteiger partial charge on any atom is 0.259 e. The maximum atomic E-state index is 13.4. The number of para-hydroxylation sites is 1. The van der Waals surface area contributed by atoms with Crippen LogP contribution in [0.5, 0.6) is 0 Å². The van der Waals surface area contributed by atoms with Gasteiger partial charge in [0.25, 0.3) is 11.8 Å². The molecule has 3 N–H and O–H groups in total. The number of nitrogens with one attached hydrogen (secondary N) is 2. The van der Waals surface area contributed by atoms with Crippen LogP contribution < -0.4 is 10.9 Å². The van der Waals surface area contributed by atoms with E-state index in [0.29, 0.717) is 37.7 Å². The van der Waals surface area contributed by atoms with Crippen LogP contribution in [0, 0.1) is 5.92 Å². The molecule has 8 heteroatoms. The summed E-state index contributed by atoms with van der Waals surface area (Å²) in [5.74, 6) is 0.138. The second-order valence-electron chi connectivity index (χ2n) is 12.0. The van der Waals surface area contributed by atoms with Gasteiger partial charge in [0.15, 0.2) is 5.60 Å². The smallest absolute Gasteiger partial charge is 0.259 e. The predicted molar refractivity (Wildman–Crippen MR) is 154 cm³/mol. The molecule has 0 bridgehead atoms. The number of hydrogen-bond acceptors (Lipinski definition) is 6. The summed E-state index contributed by atoms with van der Waals surface area (Å²) in [7, 11) is 0. The molecule has 4 aliphatic rings. The second-order valence-corrected chi connectivity index (χ2v) is 12.0. The van der Waals surface area contributed by atoms with E-state index in [1.165, 1.54) is 68.9 Å². The maximum absolute atomic E-state index is 13.4. The van der Waals surface area contributed by atoms with Crippen molar-refractivity contribution in [2.45, 2.75) is 68.9 Å². The minimum absolute atomic E-state index is 0.0185. The third-order valence-electron chi connectivity index (χ3n) is 9.48. The lowest BCUT2D eigenvalue weighted by Gasteiger charge is -2.42. The molecule has 1 unspecified atom stereocenters. The number of carbonyl (C=O) groups is 2. The molecule has 1 saturated carbocycles. The van der Waals surface area contributed by atoms with E-state index in [9.17, 15) is 14.7 Å². The molecule has 6 rings (SSSR count). The van der Waals surface area contributed by atoms with Crippen molar-refractivity contribution in [2.75, 3.05) is 44.8 Å².